The molecule has 0 aromatic heterocycles. The topological polar surface area (TPSA) is 9.23 Å². The summed E-state index contributed by atoms with van der Waals surface area (Å²) < 4.78 is 222. The smallest absolute Gasteiger partial charge is 0.264 e. The van der Waals surface area contributed by atoms with Crippen LogP contribution in [0.5, 0.6) is 0 Å². The molecule has 1 unspecified atom stereocenters. The Morgan fingerprint density at radius 1 is 0.333 bits per heavy atom. The van der Waals surface area contributed by atoms with Crippen LogP contribution in [0.3, 0.4) is 0 Å². The Hall–Kier alpha value is -1.30. The van der Waals surface area contributed by atoms with E-state index < -0.39 is 48.3 Å². The van der Waals surface area contributed by atoms with Crippen LogP contribution in [0.25, 0.3) is 0 Å². The highest BCUT2D eigenvalue weighted by Crippen LogP contribution is 2.60. The monoisotopic (exact) mass is 454 g/mol. The van der Waals surface area contributed by atoms with Gasteiger partial charge in [0.25, 0.3) is 0 Å². The molecule has 0 saturated carbocycles. The number of alkyl halides is 18. The van der Waals surface area contributed by atoms with E-state index in [1.165, 1.54) is 0 Å². The van der Waals surface area contributed by atoms with E-state index in [1.54, 1.807) is 0 Å². The van der Waals surface area contributed by atoms with Crippen LogP contribution in [0.1, 0.15) is 0 Å². The van der Waals surface area contributed by atoms with Gasteiger partial charge in [-0.1, -0.05) is 0 Å². The predicted octanol–water partition coefficient (Wildman–Crippen LogP) is 5.85. The number of halogens is 18. The van der Waals surface area contributed by atoms with E-state index in [2.05, 4.69) is 0 Å². The third kappa shape index (κ3) is 3.69. The van der Waals surface area contributed by atoms with Gasteiger partial charge >= 0.3 is 48.3 Å². The Bertz CT molecular complexity index is 535. The van der Waals surface area contributed by atoms with Gasteiger partial charge < -0.3 is 0 Å². The molecule has 1 atom stereocenters. The molecule has 0 spiro atoms. The fourth-order valence-electron chi connectivity index (χ4n) is 1.09. The molecular formula is C8F18O. The van der Waals surface area contributed by atoms with Gasteiger partial charge in [-0.05, 0) is 0 Å². The Morgan fingerprint density at radius 2 is 0.630 bits per heavy atom. The van der Waals surface area contributed by atoms with E-state index in [4.69, 9.17) is 0 Å². The van der Waals surface area contributed by atoms with E-state index in [0.29, 0.717) is 0 Å². The van der Waals surface area contributed by atoms with Crippen molar-refractivity contribution in [2.24, 2.45) is 0 Å². The highest BCUT2D eigenvalue weighted by molar-refractivity contribution is 5.05. The number of ether oxygens (including phenoxy) is 1. The van der Waals surface area contributed by atoms with Gasteiger partial charge in [0.15, 0.2) is 0 Å². The minimum atomic E-state index is -8.48. The maximum Gasteiger partial charge on any atom is 0.462 e. The average Bonchev–Trinajstić information content (AvgIpc) is 2.33. The number of rotatable bonds is 5. The molecule has 164 valence electrons. The molecule has 0 saturated heterocycles. The number of hydrogen-bond acceptors (Lipinski definition) is 1. The second kappa shape index (κ2) is 6.10. The van der Waals surface area contributed by atoms with Gasteiger partial charge in [0.2, 0.25) is 0 Å². The molecule has 19 heteroatoms. The zero-order chi connectivity index (χ0) is 22.7. The van der Waals surface area contributed by atoms with E-state index in [0.717, 1.165) is 4.74 Å². The van der Waals surface area contributed by atoms with E-state index in [1.807, 2.05) is 0 Å². The molecule has 0 radical (unpaired) electrons. The standard InChI is InChI=1S/C8F18O/c9-1(10,2(11,12)5(16,17)18)4(15,7(22,23)24)27-8(25,26)3(13,14)6(19,20)21. The summed E-state index contributed by atoms with van der Waals surface area (Å²) in [4.78, 5) is 0. The molecule has 0 heterocycles. The van der Waals surface area contributed by atoms with E-state index in [9.17, 15) is 79.0 Å². The second-order valence-corrected chi connectivity index (χ2v) is 4.43. The van der Waals surface area contributed by atoms with Crippen molar-refractivity contribution in [3.8, 4) is 0 Å². The van der Waals surface area contributed by atoms with Gasteiger partial charge in [-0.3, -0.25) is 4.74 Å². The van der Waals surface area contributed by atoms with Crippen LogP contribution < -0.4 is 0 Å². The fraction of sp³-hybridized carbons (Fsp3) is 1.00. The first-order chi connectivity index (χ1) is 11.2. The molecule has 0 aromatic carbocycles. The first-order valence-corrected chi connectivity index (χ1v) is 5.31. The van der Waals surface area contributed by atoms with Gasteiger partial charge in [-0.2, -0.15) is 79.0 Å². The lowest BCUT2D eigenvalue weighted by Gasteiger charge is -2.41. The van der Waals surface area contributed by atoms with Gasteiger partial charge in [0.05, 0.1) is 0 Å². The van der Waals surface area contributed by atoms with Crippen LogP contribution in [0.2, 0.25) is 0 Å². The quantitative estimate of drug-likeness (QED) is 0.474. The van der Waals surface area contributed by atoms with Gasteiger partial charge in [0.1, 0.15) is 0 Å². The molecule has 0 aliphatic heterocycles. The summed E-state index contributed by atoms with van der Waals surface area (Å²) in [7, 11) is 0. The van der Waals surface area contributed by atoms with Gasteiger partial charge in [-0.15, -0.1) is 0 Å². The van der Waals surface area contributed by atoms with Crippen molar-refractivity contribution >= 4 is 0 Å². The zero-order valence-corrected chi connectivity index (χ0v) is 11.2. The Balaban J connectivity index is 6.64. The van der Waals surface area contributed by atoms with Crippen LogP contribution in [0.4, 0.5) is 79.0 Å². The highest BCUT2D eigenvalue weighted by atomic mass is 19.4. The fourth-order valence-corrected chi connectivity index (χ4v) is 1.09. The molecule has 27 heavy (non-hydrogen) atoms. The molecule has 0 bridgehead atoms. The summed E-state index contributed by atoms with van der Waals surface area (Å²) in [6.45, 7) is 0. The first kappa shape index (κ1) is 25.7. The summed E-state index contributed by atoms with van der Waals surface area (Å²) in [5, 5.41) is 0. The molecule has 0 N–H and O–H groups in total. The Morgan fingerprint density at radius 3 is 0.852 bits per heavy atom. The van der Waals surface area contributed by atoms with Crippen molar-refractivity contribution < 1.29 is 83.8 Å². The minimum Gasteiger partial charge on any atom is -0.264 e. The average molecular weight is 454 g/mol. The first-order valence-electron chi connectivity index (χ1n) is 5.31. The van der Waals surface area contributed by atoms with E-state index >= 15 is 0 Å². The maximum atomic E-state index is 13.3. The zero-order valence-electron chi connectivity index (χ0n) is 11.2. The van der Waals surface area contributed by atoms with Crippen molar-refractivity contribution in [3.05, 3.63) is 0 Å². The summed E-state index contributed by atoms with van der Waals surface area (Å²) in [6.07, 6.45) is -31.5. The van der Waals surface area contributed by atoms with Gasteiger partial charge in [-0.25, -0.2) is 0 Å². The summed E-state index contributed by atoms with van der Waals surface area (Å²) in [5.41, 5.74) is 0. The summed E-state index contributed by atoms with van der Waals surface area (Å²) in [5.74, 6) is -33.0. The molecule has 0 fully saturated rings. The van der Waals surface area contributed by atoms with E-state index in [-0.39, 0.29) is 0 Å². The van der Waals surface area contributed by atoms with Crippen molar-refractivity contribution in [2.45, 2.75) is 48.3 Å². The molecule has 0 amide bonds. The predicted molar refractivity (Wildman–Crippen MR) is 42.9 cm³/mol. The maximum absolute atomic E-state index is 13.3. The largest absolute Gasteiger partial charge is 0.462 e. The molecular weight excluding hydrogens is 454 g/mol. The van der Waals surface area contributed by atoms with Crippen molar-refractivity contribution in [3.63, 3.8) is 0 Å². The normalized spacial score (nSPS) is 18.4. The van der Waals surface area contributed by atoms with Crippen LogP contribution in [-0.4, -0.2) is 48.3 Å². The Kier molecular flexibility index (Phi) is 5.80. The highest BCUT2D eigenvalue weighted by Gasteiger charge is 2.91. The number of hydrogen-bond donors (Lipinski definition) is 0. The minimum absolute atomic E-state index is 1.00. The van der Waals surface area contributed by atoms with Crippen LogP contribution >= 0.6 is 0 Å². The van der Waals surface area contributed by atoms with Crippen LogP contribution in [0.15, 0.2) is 0 Å². The Labute approximate surface area is 133 Å². The van der Waals surface area contributed by atoms with Crippen molar-refractivity contribution in [1.29, 1.82) is 0 Å². The molecule has 1 nitrogen and oxygen atoms in total. The van der Waals surface area contributed by atoms with Crippen molar-refractivity contribution in [1.82, 2.24) is 0 Å². The summed E-state index contributed by atoms with van der Waals surface area (Å²) >= 11 is 0. The lowest BCUT2D eigenvalue weighted by molar-refractivity contribution is -0.530. The second-order valence-electron chi connectivity index (χ2n) is 4.43. The summed E-state index contributed by atoms with van der Waals surface area (Å²) in [6, 6.07) is 0. The molecule has 0 rings (SSSR count). The SMILES string of the molecule is FC(F)(F)C(F)(F)C(F)(F)OC(F)(C(F)(F)F)C(F)(F)C(F)(F)C(F)(F)F. The third-order valence-electron chi connectivity index (χ3n) is 2.51. The molecule has 0 aliphatic carbocycles. The molecule has 0 aromatic rings. The van der Waals surface area contributed by atoms with Gasteiger partial charge in [0, 0.05) is 0 Å². The molecule has 0 aliphatic rings. The van der Waals surface area contributed by atoms with Crippen LogP contribution in [-0.2, 0) is 4.74 Å². The third-order valence-corrected chi connectivity index (χ3v) is 2.51. The van der Waals surface area contributed by atoms with Crippen LogP contribution in [0, 0.1) is 0 Å². The lowest BCUT2D eigenvalue weighted by Crippen LogP contribution is -2.71. The van der Waals surface area contributed by atoms with Crippen molar-refractivity contribution in [2.75, 3.05) is 0 Å². The lowest BCUT2D eigenvalue weighted by atomic mass is 10.0.